The maximum atomic E-state index is 5.54. The van der Waals surface area contributed by atoms with E-state index in [1.54, 1.807) is 0 Å². The van der Waals surface area contributed by atoms with Crippen molar-refractivity contribution in [1.82, 2.24) is 5.32 Å². The van der Waals surface area contributed by atoms with E-state index in [0.29, 0.717) is 6.04 Å². The summed E-state index contributed by atoms with van der Waals surface area (Å²) < 4.78 is 5.54. The van der Waals surface area contributed by atoms with E-state index < -0.39 is 0 Å². The Labute approximate surface area is 99.0 Å². The average Bonchev–Trinajstić information content (AvgIpc) is 2.34. The van der Waals surface area contributed by atoms with Gasteiger partial charge in [-0.1, -0.05) is 26.0 Å². The second-order valence-electron chi connectivity index (χ2n) is 4.18. The van der Waals surface area contributed by atoms with Gasteiger partial charge in [-0.05, 0) is 37.5 Å². The van der Waals surface area contributed by atoms with Crippen molar-refractivity contribution < 1.29 is 4.74 Å². The molecule has 2 nitrogen and oxygen atoms in total. The van der Waals surface area contributed by atoms with Crippen LogP contribution >= 0.6 is 0 Å². The third kappa shape index (κ3) is 4.67. The summed E-state index contributed by atoms with van der Waals surface area (Å²) in [6, 6.07) is 8.92. The number of benzene rings is 1. The SMILES string of the molecule is CCCOc1ccc(CN[C@H](C)CC)cc1. The Hall–Kier alpha value is -1.02. The van der Waals surface area contributed by atoms with Crippen molar-refractivity contribution in [2.24, 2.45) is 0 Å². The molecule has 0 bridgehead atoms. The second-order valence-corrected chi connectivity index (χ2v) is 4.18. The molecule has 1 atom stereocenters. The van der Waals surface area contributed by atoms with Gasteiger partial charge in [0.2, 0.25) is 0 Å². The smallest absolute Gasteiger partial charge is 0.119 e. The van der Waals surface area contributed by atoms with Crippen LogP contribution in [-0.4, -0.2) is 12.6 Å². The highest BCUT2D eigenvalue weighted by molar-refractivity contribution is 5.27. The van der Waals surface area contributed by atoms with Crippen molar-refractivity contribution >= 4 is 0 Å². The van der Waals surface area contributed by atoms with E-state index in [4.69, 9.17) is 4.74 Å². The first kappa shape index (κ1) is 13.0. The zero-order chi connectivity index (χ0) is 11.8. The van der Waals surface area contributed by atoms with Gasteiger partial charge < -0.3 is 10.1 Å². The van der Waals surface area contributed by atoms with E-state index in [0.717, 1.165) is 31.7 Å². The third-order valence-corrected chi connectivity index (χ3v) is 2.66. The van der Waals surface area contributed by atoms with Crippen molar-refractivity contribution in [3.05, 3.63) is 29.8 Å². The molecule has 2 heteroatoms. The van der Waals surface area contributed by atoms with Crippen LogP contribution in [0, 0.1) is 0 Å². The van der Waals surface area contributed by atoms with E-state index in [9.17, 15) is 0 Å². The standard InChI is InChI=1S/C14H23NO/c1-4-10-16-14-8-6-13(7-9-14)11-15-12(3)5-2/h6-9,12,15H,4-5,10-11H2,1-3H3/t12-/m1/s1. The first-order valence-corrected chi connectivity index (χ1v) is 6.21. The Kier molecular flexibility index (Phi) is 5.94. The van der Waals surface area contributed by atoms with Gasteiger partial charge in [0.15, 0.2) is 0 Å². The van der Waals surface area contributed by atoms with Gasteiger partial charge in [0, 0.05) is 12.6 Å². The highest BCUT2D eigenvalue weighted by atomic mass is 16.5. The molecule has 0 aliphatic carbocycles. The minimum absolute atomic E-state index is 0.580. The third-order valence-electron chi connectivity index (χ3n) is 2.66. The summed E-state index contributed by atoms with van der Waals surface area (Å²) in [4.78, 5) is 0. The summed E-state index contributed by atoms with van der Waals surface area (Å²) >= 11 is 0. The molecule has 0 spiro atoms. The van der Waals surface area contributed by atoms with E-state index >= 15 is 0 Å². The summed E-state index contributed by atoms with van der Waals surface area (Å²) in [5, 5.41) is 3.47. The van der Waals surface area contributed by atoms with Crippen LogP contribution in [0.1, 0.15) is 39.2 Å². The molecule has 0 heterocycles. The van der Waals surface area contributed by atoms with Crippen LogP contribution in [0.5, 0.6) is 5.75 Å². The number of ether oxygens (including phenoxy) is 1. The summed E-state index contributed by atoms with van der Waals surface area (Å²) in [5.41, 5.74) is 1.31. The first-order valence-electron chi connectivity index (χ1n) is 6.21. The van der Waals surface area contributed by atoms with Crippen LogP contribution in [0.25, 0.3) is 0 Å². The van der Waals surface area contributed by atoms with Crippen LogP contribution in [-0.2, 0) is 6.54 Å². The van der Waals surface area contributed by atoms with Crippen LogP contribution in [0.4, 0.5) is 0 Å². The van der Waals surface area contributed by atoms with Gasteiger partial charge in [-0.2, -0.15) is 0 Å². The maximum Gasteiger partial charge on any atom is 0.119 e. The Morgan fingerprint density at radius 3 is 2.44 bits per heavy atom. The fraction of sp³-hybridized carbons (Fsp3) is 0.571. The molecule has 0 radical (unpaired) electrons. The zero-order valence-electron chi connectivity index (χ0n) is 10.6. The minimum Gasteiger partial charge on any atom is -0.494 e. The molecule has 0 fully saturated rings. The summed E-state index contributed by atoms with van der Waals surface area (Å²) in [6.07, 6.45) is 2.22. The molecular formula is C14H23NO. The van der Waals surface area contributed by atoms with Crippen LogP contribution in [0.3, 0.4) is 0 Å². The van der Waals surface area contributed by atoms with Gasteiger partial charge in [0.25, 0.3) is 0 Å². The average molecular weight is 221 g/mol. The summed E-state index contributed by atoms with van der Waals surface area (Å²) in [7, 11) is 0. The lowest BCUT2D eigenvalue weighted by atomic mass is 10.2. The summed E-state index contributed by atoms with van der Waals surface area (Å²) in [5.74, 6) is 0.967. The van der Waals surface area contributed by atoms with Crippen molar-refractivity contribution in [2.75, 3.05) is 6.61 Å². The predicted molar refractivity (Wildman–Crippen MR) is 68.8 cm³/mol. The Morgan fingerprint density at radius 1 is 1.19 bits per heavy atom. The fourth-order valence-corrected chi connectivity index (χ4v) is 1.36. The molecule has 0 saturated carbocycles. The number of nitrogens with one attached hydrogen (secondary N) is 1. The number of hydrogen-bond donors (Lipinski definition) is 1. The molecule has 0 aliphatic heterocycles. The van der Waals surface area contributed by atoms with Crippen molar-refractivity contribution in [3.63, 3.8) is 0 Å². The molecule has 1 N–H and O–H groups in total. The van der Waals surface area contributed by atoms with Crippen LogP contribution in [0.15, 0.2) is 24.3 Å². The zero-order valence-corrected chi connectivity index (χ0v) is 10.6. The molecule has 0 aliphatic rings. The van der Waals surface area contributed by atoms with Gasteiger partial charge in [0.05, 0.1) is 6.61 Å². The van der Waals surface area contributed by atoms with Gasteiger partial charge in [-0.15, -0.1) is 0 Å². The predicted octanol–water partition coefficient (Wildman–Crippen LogP) is 3.36. The van der Waals surface area contributed by atoms with Crippen molar-refractivity contribution in [1.29, 1.82) is 0 Å². The minimum atomic E-state index is 0.580. The Bertz CT molecular complexity index is 281. The van der Waals surface area contributed by atoms with Gasteiger partial charge >= 0.3 is 0 Å². The molecule has 90 valence electrons. The number of hydrogen-bond acceptors (Lipinski definition) is 2. The quantitative estimate of drug-likeness (QED) is 0.762. The normalized spacial score (nSPS) is 12.4. The van der Waals surface area contributed by atoms with Gasteiger partial charge in [-0.3, -0.25) is 0 Å². The maximum absolute atomic E-state index is 5.54. The van der Waals surface area contributed by atoms with Crippen molar-refractivity contribution in [3.8, 4) is 5.75 Å². The molecule has 16 heavy (non-hydrogen) atoms. The van der Waals surface area contributed by atoms with Gasteiger partial charge in [0.1, 0.15) is 5.75 Å². The first-order chi connectivity index (χ1) is 7.76. The highest BCUT2D eigenvalue weighted by Gasteiger charge is 1.98. The van der Waals surface area contributed by atoms with E-state index in [-0.39, 0.29) is 0 Å². The molecular weight excluding hydrogens is 198 g/mol. The molecule has 0 unspecified atom stereocenters. The molecule has 1 aromatic carbocycles. The Balaban J connectivity index is 2.38. The second kappa shape index (κ2) is 7.29. The largest absolute Gasteiger partial charge is 0.494 e. The van der Waals surface area contributed by atoms with E-state index in [1.807, 2.05) is 12.1 Å². The van der Waals surface area contributed by atoms with E-state index in [1.165, 1.54) is 5.56 Å². The monoisotopic (exact) mass is 221 g/mol. The lowest BCUT2D eigenvalue weighted by Gasteiger charge is -2.11. The molecule has 0 amide bonds. The Morgan fingerprint density at radius 2 is 1.88 bits per heavy atom. The molecule has 1 rings (SSSR count). The van der Waals surface area contributed by atoms with Crippen molar-refractivity contribution in [2.45, 2.75) is 46.2 Å². The van der Waals surface area contributed by atoms with E-state index in [2.05, 4.69) is 38.2 Å². The lowest BCUT2D eigenvalue weighted by molar-refractivity contribution is 0.317. The lowest BCUT2D eigenvalue weighted by Crippen LogP contribution is -2.24. The van der Waals surface area contributed by atoms with Gasteiger partial charge in [-0.25, -0.2) is 0 Å². The number of rotatable bonds is 7. The molecule has 1 aromatic rings. The topological polar surface area (TPSA) is 21.3 Å². The molecule has 0 aromatic heterocycles. The molecule has 0 saturated heterocycles. The van der Waals surface area contributed by atoms with Crippen LogP contribution in [0.2, 0.25) is 0 Å². The van der Waals surface area contributed by atoms with Crippen LogP contribution < -0.4 is 10.1 Å². The highest BCUT2D eigenvalue weighted by Crippen LogP contribution is 2.12. The summed E-state index contributed by atoms with van der Waals surface area (Å²) in [6.45, 7) is 8.25. The fourth-order valence-electron chi connectivity index (χ4n) is 1.36.